The van der Waals surface area contributed by atoms with Crippen LogP contribution in [0.15, 0.2) is 23.1 Å². The number of thioether (sulfide) groups is 1. The molecule has 1 rings (SSSR count). The maximum absolute atomic E-state index is 11.8. The van der Waals surface area contributed by atoms with E-state index < -0.39 is 6.61 Å². The van der Waals surface area contributed by atoms with Crippen molar-refractivity contribution in [3.8, 4) is 5.75 Å². The third kappa shape index (κ3) is 3.96. The Labute approximate surface area is 86.5 Å². The van der Waals surface area contributed by atoms with Crippen LogP contribution < -0.4 is 4.74 Å². The van der Waals surface area contributed by atoms with Crippen LogP contribution in [0.5, 0.6) is 5.75 Å². The van der Waals surface area contributed by atoms with Crippen LogP contribution in [0.25, 0.3) is 0 Å². The molecule has 0 aliphatic carbocycles. The molecule has 14 heavy (non-hydrogen) atoms. The lowest BCUT2D eigenvalue weighted by atomic mass is 10.3. The van der Waals surface area contributed by atoms with Crippen molar-refractivity contribution in [3.63, 3.8) is 0 Å². The lowest BCUT2D eigenvalue weighted by molar-refractivity contribution is -0.0500. The van der Waals surface area contributed by atoms with Gasteiger partial charge in [0.2, 0.25) is 0 Å². The molecule has 0 bridgehead atoms. The number of hydrogen-bond acceptors (Lipinski definition) is 2. The van der Waals surface area contributed by atoms with Crippen LogP contribution in [0.1, 0.15) is 13.8 Å². The summed E-state index contributed by atoms with van der Waals surface area (Å²) < 4.78 is 27.7. The van der Waals surface area contributed by atoms with Gasteiger partial charge in [0, 0.05) is 16.2 Å². The van der Waals surface area contributed by atoms with E-state index in [2.05, 4.69) is 24.7 Å². The van der Waals surface area contributed by atoms with E-state index in [1.54, 1.807) is 23.9 Å². The van der Waals surface area contributed by atoms with E-state index in [1.807, 2.05) is 0 Å². The highest BCUT2D eigenvalue weighted by molar-refractivity contribution is 7.99. The first-order chi connectivity index (χ1) is 6.58. The monoisotopic (exact) mass is 217 g/mol. The van der Waals surface area contributed by atoms with E-state index in [0.29, 0.717) is 5.25 Å². The van der Waals surface area contributed by atoms with Crippen LogP contribution in [0.2, 0.25) is 0 Å². The van der Waals surface area contributed by atoms with Crippen molar-refractivity contribution in [2.45, 2.75) is 30.6 Å². The van der Waals surface area contributed by atoms with Gasteiger partial charge in [0.25, 0.3) is 0 Å². The summed E-state index contributed by atoms with van der Waals surface area (Å²) in [5, 5.41) is 0.463. The number of halogens is 2. The number of alkyl halides is 2. The molecule has 0 spiro atoms. The molecule has 0 saturated heterocycles. The molecule has 0 fully saturated rings. The Bertz CT molecular complexity index is 243. The fourth-order valence-electron chi connectivity index (χ4n) is 0.911. The first kappa shape index (κ1) is 11.3. The normalized spacial score (nSPS) is 11.0. The van der Waals surface area contributed by atoms with Gasteiger partial charge in [-0.05, 0) is 18.2 Å². The Kier molecular flexibility index (Phi) is 4.20. The van der Waals surface area contributed by atoms with Crippen molar-refractivity contribution < 1.29 is 13.5 Å². The zero-order chi connectivity index (χ0) is 10.6. The number of hydrogen-bond donors (Lipinski definition) is 0. The molecule has 0 aliphatic rings. The van der Waals surface area contributed by atoms with Crippen LogP contribution in [0, 0.1) is 6.07 Å². The maximum atomic E-state index is 11.8. The summed E-state index contributed by atoms with van der Waals surface area (Å²) in [6, 6.07) is 7.55. The molecule has 4 heteroatoms. The minimum absolute atomic E-state index is 0.0770. The maximum Gasteiger partial charge on any atom is 0.387 e. The molecular formula is C10H11F2OS. The van der Waals surface area contributed by atoms with E-state index in [4.69, 9.17) is 0 Å². The summed E-state index contributed by atoms with van der Waals surface area (Å²) in [5.41, 5.74) is 0. The van der Waals surface area contributed by atoms with E-state index in [0.717, 1.165) is 4.90 Å². The minimum atomic E-state index is -2.78. The van der Waals surface area contributed by atoms with Gasteiger partial charge in [-0.15, -0.1) is 11.8 Å². The molecule has 0 aromatic heterocycles. The van der Waals surface area contributed by atoms with E-state index >= 15 is 0 Å². The van der Waals surface area contributed by atoms with Crippen LogP contribution in [-0.2, 0) is 0 Å². The van der Waals surface area contributed by atoms with Gasteiger partial charge < -0.3 is 4.74 Å². The molecular weight excluding hydrogens is 206 g/mol. The lowest BCUT2D eigenvalue weighted by Crippen LogP contribution is -2.01. The average Bonchev–Trinajstić information content (AvgIpc) is 2.06. The van der Waals surface area contributed by atoms with Crippen molar-refractivity contribution >= 4 is 11.8 Å². The first-order valence-electron chi connectivity index (χ1n) is 4.21. The van der Waals surface area contributed by atoms with Gasteiger partial charge >= 0.3 is 6.61 Å². The lowest BCUT2D eigenvalue weighted by Gasteiger charge is -2.06. The molecule has 0 N–H and O–H groups in total. The molecule has 1 nitrogen and oxygen atoms in total. The van der Waals surface area contributed by atoms with Gasteiger partial charge in [0.1, 0.15) is 5.75 Å². The number of rotatable bonds is 4. The summed E-state index contributed by atoms with van der Waals surface area (Å²) in [5.74, 6) is 0.0770. The Morgan fingerprint density at radius 1 is 1.36 bits per heavy atom. The van der Waals surface area contributed by atoms with Crippen molar-refractivity contribution in [1.29, 1.82) is 0 Å². The molecule has 1 radical (unpaired) electrons. The van der Waals surface area contributed by atoms with E-state index in [1.165, 1.54) is 6.07 Å². The summed E-state index contributed by atoms with van der Waals surface area (Å²) >= 11 is 1.65. The summed E-state index contributed by atoms with van der Waals surface area (Å²) in [6.07, 6.45) is 0. The van der Waals surface area contributed by atoms with Crippen LogP contribution in [0.3, 0.4) is 0 Å². The predicted molar refractivity (Wildman–Crippen MR) is 52.9 cm³/mol. The van der Waals surface area contributed by atoms with Crippen molar-refractivity contribution in [3.05, 3.63) is 24.3 Å². The van der Waals surface area contributed by atoms with E-state index in [9.17, 15) is 8.78 Å². The molecule has 0 aliphatic heterocycles. The van der Waals surface area contributed by atoms with Crippen molar-refractivity contribution in [2.75, 3.05) is 0 Å². The van der Waals surface area contributed by atoms with Gasteiger partial charge in [-0.3, -0.25) is 0 Å². The van der Waals surface area contributed by atoms with Crippen molar-refractivity contribution in [2.24, 2.45) is 0 Å². The fourth-order valence-corrected chi connectivity index (χ4v) is 1.73. The fraction of sp³-hybridized carbons (Fsp3) is 0.400. The molecule has 0 amide bonds. The van der Waals surface area contributed by atoms with Gasteiger partial charge in [0.15, 0.2) is 0 Å². The Hall–Kier alpha value is -0.770. The van der Waals surface area contributed by atoms with E-state index in [-0.39, 0.29) is 5.75 Å². The van der Waals surface area contributed by atoms with Gasteiger partial charge in [-0.25, -0.2) is 0 Å². The molecule has 0 unspecified atom stereocenters. The standard InChI is InChI=1S/C10H11F2OS/c1-7(2)14-9-5-3-8(4-6-9)13-10(11)12/h3,5-7,10H,1-2H3. The number of benzene rings is 1. The first-order valence-corrected chi connectivity index (χ1v) is 5.09. The second-order valence-electron chi connectivity index (χ2n) is 2.93. The van der Waals surface area contributed by atoms with Crippen LogP contribution in [-0.4, -0.2) is 11.9 Å². The van der Waals surface area contributed by atoms with Crippen LogP contribution >= 0.6 is 11.8 Å². The third-order valence-corrected chi connectivity index (χ3v) is 2.34. The Morgan fingerprint density at radius 3 is 2.50 bits per heavy atom. The molecule has 1 aromatic carbocycles. The second-order valence-corrected chi connectivity index (χ2v) is 4.58. The molecule has 0 heterocycles. The highest BCUT2D eigenvalue weighted by atomic mass is 32.2. The summed E-state index contributed by atoms with van der Waals surface area (Å²) in [4.78, 5) is 1.00. The van der Waals surface area contributed by atoms with Crippen LogP contribution in [0.4, 0.5) is 8.78 Å². The largest absolute Gasteiger partial charge is 0.434 e. The molecule has 77 valence electrons. The van der Waals surface area contributed by atoms with Gasteiger partial charge in [-0.2, -0.15) is 8.78 Å². The smallest absolute Gasteiger partial charge is 0.387 e. The topological polar surface area (TPSA) is 9.23 Å². The minimum Gasteiger partial charge on any atom is -0.434 e. The van der Waals surface area contributed by atoms with Crippen molar-refractivity contribution in [1.82, 2.24) is 0 Å². The zero-order valence-corrected chi connectivity index (χ0v) is 8.78. The average molecular weight is 217 g/mol. The zero-order valence-electron chi connectivity index (χ0n) is 7.96. The molecule has 1 aromatic rings. The Morgan fingerprint density at radius 2 is 2.07 bits per heavy atom. The molecule has 0 atom stereocenters. The predicted octanol–water partition coefficient (Wildman–Crippen LogP) is 3.59. The highest BCUT2D eigenvalue weighted by Crippen LogP contribution is 2.24. The quantitative estimate of drug-likeness (QED) is 0.713. The summed E-state index contributed by atoms with van der Waals surface area (Å²) in [7, 11) is 0. The van der Waals surface area contributed by atoms with Gasteiger partial charge in [0.05, 0.1) is 0 Å². The third-order valence-electron chi connectivity index (χ3n) is 1.34. The summed E-state index contributed by atoms with van der Waals surface area (Å²) in [6.45, 7) is 1.34. The molecule has 0 saturated carbocycles. The Balaban J connectivity index is 2.59. The van der Waals surface area contributed by atoms with Gasteiger partial charge in [-0.1, -0.05) is 13.8 Å². The second kappa shape index (κ2) is 5.20. The SMILES string of the molecule is CC(C)Sc1c[c]c(OC(F)F)cc1. The highest BCUT2D eigenvalue weighted by Gasteiger charge is 2.04. The number of ether oxygens (including phenoxy) is 1.